The fraction of sp³-hybridized carbons (Fsp3) is 0.148. The van der Waals surface area contributed by atoms with Gasteiger partial charge < -0.3 is 0 Å². The molecule has 0 aliphatic carbocycles. The summed E-state index contributed by atoms with van der Waals surface area (Å²) in [5, 5.41) is 57.5. The van der Waals surface area contributed by atoms with E-state index in [1.165, 1.54) is 130 Å². The lowest BCUT2D eigenvalue weighted by Crippen LogP contribution is -2.31. The number of pyridine rings is 3. The van der Waals surface area contributed by atoms with E-state index < -0.39 is 117 Å². The Labute approximate surface area is 679 Å². The third kappa shape index (κ3) is 16.0. The molecule has 6 aromatic carbocycles. The van der Waals surface area contributed by atoms with Gasteiger partial charge in [-0.3, -0.25) is 28.0 Å². The van der Waals surface area contributed by atoms with Crippen LogP contribution in [0.2, 0.25) is 15.1 Å². The quantitative estimate of drug-likeness (QED) is 0.0476. The average molecular weight is 1700 g/mol. The van der Waals surface area contributed by atoms with Crippen molar-refractivity contribution in [3.63, 3.8) is 0 Å². The average Bonchev–Trinajstić information content (AvgIpc) is 1.68. The lowest BCUT2D eigenvalue weighted by molar-refractivity contribution is -0.142. The standard InChI is InChI=1S/C81H51Cl3F9N18O7P/c1-43-55(22-31-61(97-43)79(85,86)87)37-106-76(112)70(52-10-4-46(34-94)5-11-52)67(49-16-25-58(82)26-17-49)73-103-100-64(109(73)106)40-116-119(115,117-41-65-101-104-74-68(50-18-27-59(83)28-19-50)71(53-12-6-47(35-95)7-13-53)77(113)107(110(65)74)38-56-23-32-62(80(88,89)90)98-44(56)2)118-42-66-102-105-75-69(51-20-29-60(84)30-21-51)72(54-14-8-48(36-96)9-15-54)78(114)108(111(66)75)39-57-24-33-63(81(91,92)93)99-45(57)3/h4-33H,37-42H2,1-3H3. The molecule has 0 N–H and O–H groups in total. The van der Waals surface area contributed by atoms with Crippen LogP contribution in [0.1, 0.15) is 85.0 Å². The Hall–Kier alpha value is -13.4. The predicted molar refractivity (Wildman–Crippen MR) is 415 cm³/mol. The molecule has 0 bridgehead atoms. The minimum Gasteiger partial charge on any atom is -0.279 e. The summed E-state index contributed by atoms with van der Waals surface area (Å²) < 4.78 is 171. The van der Waals surface area contributed by atoms with Crippen LogP contribution in [0.15, 0.2) is 196 Å². The van der Waals surface area contributed by atoms with Crippen molar-refractivity contribution < 1.29 is 57.7 Å². The van der Waals surface area contributed by atoms with Crippen molar-refractivity contribution in [1.29, 1.82) is 15.8 Å². The van der Waals surface area contributed by atoms with Gasteiger partial charge in [0, 0.05) is 48.8 Å². The zero-order valence-corrected chi connectivity index (χ0v) is 64.6. The Balaban J connectivity index is 0.943. The summed E-state index contributed by atoms with van der Waals surface area (Å²) in [6, 6.07) is 47.6. The number of aryl methyl sites for hydroxylation is 3. The number of hydrogen-bond donors (Lipinski definition) is 0. The molecule has 119 heavy (non-hydrogen) atoms. The van der Waals surface area contributed by atoms with Crippen molar-refractivity contribution in [3.8, 4) is 85.0 Å². The van der Waals surface area contributed by atoms with Gasteiger partial charge >= 0.3 is 26.4 Å². The van der Waals surface area contributed by atoms with E-state index in [9.17, 15) is 55.3 Å². The molecule has 15 aromatic rings. The fourth-order valence-electron chi connectivity index (χ4n) is 13.5. The van der Waals surface area contributed by atoms with Crippen LogP contribution >= 0.6 is 42.6 Å². The molecule has 0 saturated carbocycles. The number of hydrogen-bond acceptors (Lipinski definition) is 19. The second-order valence-corrected chi connectivity index (χ2v) is 29.7. The molecule has 25 nitrogen and oxygen atoms in total. The Morgan fingerprint density at radius 2 is 0.571 bits per heavy atom. The first-order chi connectivity index (χ1) is 56.8. The summed E-state index contributed by atoms with van der Waals surface area (Å²) in [4.78, 5) is 59.2. The first-order valence-corrected chi connectivity index (χ1v) is 37.9. The van der Waals surface area contributed by atoms with Crippen molar-refractivity contribution in [3.05, 3.63) is 313 Å². The highest BCUT2D eigenvalue weighted by atomic mass is 35.5. The highest BCUT2D eigenvalue weighted by Gasteiger charge is 2.38. The van der Waals surface area contributed by atoms with Gasteiger partial charge in [-0.15, -0.1) is 30.6 Å². The lowest BCUT2D eigenvalue weighted by Gasteiger charge is -2.21. The molecule has 0 aliphatic rings. The molecule has 15 rings (SSSR count). The van der Waals surface area contributed by atoms with E-state index in [-0.39, 0.29) is 133 Å². The van der Waals surface area contributed by atoms with Gasteiger partial charge in [0.1, 0.15) is 36.9 Å². The summed E-state index contributed by atoms with van der Waals surface area (Å²) in [7, 11) is -5.65. The molecular weight excluding hydrogens is 1650 g/mol. The summed E-state index contributed by atoms with van der Waals surface area (Å²) in [6.45, 7) is -1.16. The third-order valence-electron chi connectivity index (χ3n) is 19.4. The smallest absolute Gasteiger partial charge is 0.279 e. The molecular formula is C81H51Cl3F9N18O7P. The summed E-state index contributed by atoms with van der Waals surface area (Å²) in [6.07, 6.45) is -14.7. The number of aromatic nitrogens is 15. The largest absolute Gasteiger partial charge is 0.476 e. The van der Waals surface area contributed by atoms with Crippen LogP contribution in [-0.2, 0) is 76.1 Å². The number of phosphoric ester groups is 1. The van der Waals surface area contributed by atoms with Gasteiger partial charge in [0.2, 0.25) is 0 Å². The van der Waals surface area contributed by atoms with Crippen molar-refractivity contribution in [2.45, 2.75) is 78.8 Å². The molecule has 9 aromatic heterocycles. The molecule has 0 spiro atoms. The van der Waals surface area contributed by atoms with Gasteiger partial charge in [0.05, 0.1) is 71.2 Å². The first-order valence-electron chi connectivity index (χ1n) is 35.3. The Morgan fingerprint density at radius 3 is 0.790 bits per heavy atom. The highest BCUT2D eigenvalue weighted by molar-refractivity contribution is 7.48. The molecule has 0 saturated heterocycles. The van der Waals surface area contributed by atoms with Crippen LogP contribution in [0.4, 0.5) is 39.5 Å². The number of benzene rings is 6. The van der Waals surface area contributed by atoms with Gasteiger partial charge in [-0.25, -0.2) is 47.1 Å². The highest BCUT2D eigenvalue weighted by Crippen LogP contribution is 2.52. The molecule has 0 fully saturated rings. The van der Waals surface area contributed by atoms with Crippen molar-refractivity contribution in [2.75, 3.05) is 0 Å². The van der Waals surface area contributed by atoms with E-state index in [0.717, 1.165) is 45.8 Å². The number of fused-ring (bicyclic) bond motifs is 3. The molecule has 0 radical (unpaired) electrons. The van der Waals surface area contributed by atoms with E-state index in [4.69, 9.17) is 48.4 Å². The van der Waals surface area contributed by atoms with Crippen molar-refractivity contribution in [2.24, 2.45) is 0 Å². The zero-order valence-electron chi connectivity index (χ0n) is 61.5. The number of rotatable bonds is 21. The van der Waals surface area contributed by atoms with Gasteiger partial charge in [-0.1, -0.05) is 126 Å². The lowest BCUT2D eigenvalue weighted by atomic mass is 9.96. The Kier molecular flexibility index (Phi) is 21.7. The number of phosphoric acid groups is 1. The molecule has 596 valence electrons. The maximum atomic E-state index is 16.7. The van der Waals surface area contributed by atoms with Gasteiger partial charge in [-0.2, -0.15) is 55.3 Å². The number of alkyl halides is 9. The van der Waals surface area contributed by atoms with Gasteiger partial charge in [0.25, 0.3) is 16.7 Å². The first kappa shape index (κ1) is 80.8. The maximum absolute atomic E-state index is 16.7. The monoisotopic (exact) mass is 1690 g/mol. The van der Waals surface area contributed by atoms with Crippen molar-refractivity contribution in [1.82, 2.24) is 73.1 Å². The summed E-state index contributed by atoms with van der Waals surface area (Å²) in [5.74, 6) is -1.21. The summed E-state index contributed by atoms with van der Waals surface area (Å²) >= 11 is 19.3. The van der Waals surface area contributed by atoms with Crippen LogP contribution < -0.4 is 16.7 Å². The molecule has 0 amide bonds. The molecule has 0 aliphatic heterocycles. The third-order valence-corrected chi connectivity index (χ3v) is 21.5. The number of halogens is 12. The van der Waals surface area contributed by atoms with E-state index in [1.807, 2.05) is 18.2 Å². The molecule has 0 atom stereocenters. The molecule has 9 heterocycles. The Morgan fingerprint density at radius 1 is 0.345 bits per heavy atom. The van der Waals surface area contributed by atoms with Gasteiger partial charge in [0.15, 0.2) is 34.4 Å². The minimum absolute atomic E-state index is 0.0586. The second kappa shape index (κ2) is 31.9. The van der Waals surface area contributed by atoms with E-state index in [1.54, 1.807) is 36.4 Å². The SMILES string of the molecule is Cc1nc(C(F)(F)F)ccc1Cn1c(=O)c(-c2ccc(C#N)cc2)c(-c2ccc(Cl)cc2)c2nnc(COP(=O)(OCc3nnc4c(-c5ccc(Cl)cc5)c(-c5ccc(C#N)cc5)c(=O)n(Cc5ccc(C(F)(F)F)nc5C)n34)OCc3nnc4c(-c5ccc(Cl)cc5)c(-c5ccc(C#N)cc5)c(=O)n(Cc5ccc(C(F)(F)F)nc5C)n34)n21. The van der Waals surface area contributed by atoms with E-state index in [2.05, 4.69) is 45.5 Å². The Bertz CT molecular complexity index is 6300. The van der Waals surface area contributed by atoms with Crippen LogP contribution in [0.5, 0.6) is 0 Å². The summed E-state index contributed by atoms with van der Waals surface area (Å²) in [5.41, 5.74) is -4.97. The van der Waals surface area contributed by atoms with E-state index >= 15 is 18.9 Å². The zero-order chi connectivity index (χ0) is 84.3. The van der Waals surface area contributed by atoms with Crippen LogP contribution in [0.3, 0.4) is 0 Å². The fourth-order valence-corrected chi connectivity index (χ4v) is 15.0. The van der Waals surface area contributed by atoms with Gasteiger partial charge in [-0.05, 0) is 162 Å². The van der Waals surface area contributed by atoms with Crippen LogP contribution in [0.25, 0.3) is 83.7 Å². The predicted octanol–water partition coefficient (Wildman–Crippen LogP) is 17.2. The van der Waals surface area contributed by atoms with E-state index in [0.29, 0.717) is 34.9 Å². The number of nitrogens with zero attached hydrogens (tertiary/aromatic N) is 18. The molecule has 38 heteroatoms. The molecule has 0 unspecified atom stereocenters. The normalized spacial score (nSPS) is 12.1. The van der Waals surface area contributed by atoms with Crippen molar-refractivity contribution >= 4 is 59.6 Å². The minimum atomic E-state index is -5.65. The number of nitriles is 3. The van der Waals surface area contributed by atoms with Crippen LogP contribution in [0, 0.1) is 54.8 Å². The topological polar surface area (TPSA) is 311 Å². The van der Waals surface area contributed by atoms with Crippen LogP contribution in [-0.4, -0.2) is 73.1 Å². The second-order valence-electron chi connectivity index (χ2n) is 26.8. The maximum Gasteiger partial charge on any atom is 0.476 e.